The van der Waals surface area contributed by atoms with Crippen molar-refractivity contribution in [2.75, 3.05) is 60.0 Å². The minimum absolute atomic E-state index is 0.677. The maximum Gasteiger partial charge on any atom is 0.334 e. The summed E-state index contributed by atoms with van der Waals surface area (Å²) in [7, 11) is 1.65. The van der Waals surface area contributed by atoms with Crippen LogP contribution in [0.15, 0.2) is 0 Å². The normalized spacial score (nSPS) is 12.6. The number of hydrogen-bond acceptors (Lipinski definition) is 5. The van der Waals surface area contributed by atoms with Gasteiger partial charge in [0, 0.05) is 20.3 Å². The lowest BCUT2D eigenvalue weighted by atomic mass is 10.1. The fourth-order valence-electron chi connectivity index (χ4n) is 3.70. The molecule has 0 spiro atoms. The van der Waals surface area contributed by atoms with Crippen molar-refractivity contribution >= 4 is 8.56 Å². The zero-order chi connectivity index (χ0) is 21.3. The number of rotatable bonds is 20. The van der Waals surface area contributed by atoms with Crippen LogP contribution in [0.2, 0.25) is 12.6 Å². The van der Waals surface area contributed by atoms with Crippen molar-refractivity contribution in [3.8, 4) is 0 Å². The van der Waals surface area contributed by atoms with Gasteiger partial charge in [0.15, 0.2) is 0 Å². The highest BCUT2D eigenvalue weighted by molar-refractivity contribution is 6.65. The van der Waals surface area contributed by atoms with Crippen LogP contribution in [0.3, 0.4) is 0 Å². The molecule has 0 aliphatic carbocycles. The van der Waals surface area contributed by atoms with E-state index in [-0.39, 0.29) is 0 Å². The van der Waals surface area contributed by atoms with E-state index in [9.17, 15) is 0 Å². The van der Waals surface area contributed by atoms with Crippen LogP contribution in [0.4, 0.5) is 0 Å². The summed E-state index contributed by atoms with van der Waals surface area (Å²) in [5, 5.41) is 3.71. The van der Waals surface area contributed by atoms with Gasteiger partial charge in [-0.15, -0.1) is 0 Å². The predicted molar refractivity (Wildman–Crippen MR) is 126 cm³/mol. The zero-order valence-electron chi connectivity index (χ0n) is 20.2. The Balaban J connectivity index is 4.39. The Labute approximate surface area is 177 Å². The largest absolute Gasteiger partial charge is 0.398 e. The van der Waals surface area contributed by atoms with Gasteiger partial charge in [-0.1, -0.05) is 27.7 Å². The lowest BCUT2D eigenvalue weighted by Crippen LogP contribution is -2.38. The van der Waals surface area contributed by atoms with Crippen LogP contribution >= 0.6 is 0 Å². The highest BCUT2D eigenvalue weighted by atomic mass is 28.4. The van der Waals surface area contributed by atoms with E-state index in [0.717, 1.165) is 25.6 Å². The van der Waals surface area contributed by atoms with Gasteiger partial charge in [0.1, 0.15) is 0 Å². The first kappa shape index (κ1) is 28.0. The number of nitrogens with one attached hydrogen (secondary N) is 1. The van der Waals surface area contributed by atoms with E-state index in [1.807, 2.05) is 0 Å². The molecule has 0 aliphatic rings. The third kappa shape index (κ3) is 13.3. The van der Waals surface area contributed by atoms with Crippen LogP contribution in [0, 0.1) is 0 Å². The molecule has 170 valence electrons. The summed E-state index contributed by atoms with van der Waals surface area (Å²) >= 11 is 0. The van der Waals surface area contributed by atoms with Crippen molar-refractivity contribution in [1.82, 2.24) is 15.1 Å². The standard InChI is InChI=1S/C22H51N3O2Si/c1-8-16-24(11-4)18-13-19-25(17-12-15-23-22(9-2)10-3)20-14-21-28(7,26-5)27-6/h22-23H,8-21H2,1-7H3. The summed E-state index contributed by atoms with van der Waals surface area (Å²) in [5.74, 6) is 0. The molecule has 0 aromatic heterocycles. The molecule has 0 atom stereocenters. The average Bonchev–Trinajstić information content (AvgIpc) is 2.72. The fourth-order valence-corrected chi connectivity index (χ4v) is 5.07. The molecule has 0 rings (SSSR count). The molecular weight excluding hydrogens is 366 g/mol. The second kappa shape index (κ2) is 17.8. The minimum Gasteiger partial charge on any atom is -0.398 e. The molecule has 0 saturated heterocycles. The molecule has 0 saturated carbocycles. The van der Waals surface area contributed by atoms with E-state index < -0.39 is 8.56 Å². The summed E-state index contributed by atoms with van der Waals surface area (Å²) < 4.78 is 11.3. The van der Waals surface area contributed by atoms with Crippen LogP contribution in [-0.4, -0.2) is 84.4 Å². The Hall–Kier alpha value is 0.0169. The molecule has 5 nitrogen and oxygen atoms in total. The molecule has 0 unspecified atom stereocenters. The maximum absolute atomic E-state index is 5.65. The van der Waals surface area contributed by atoms with Gasteiger partial charge in [-0.05, 0) is 96.9 Å². The minimum atomic E-state index is -1.94. The number of hydrogen-bond donors (Lipinski definition) is 1. The Kier molecular flexibility index (Phi) is 17.9. The summed E-state index contributed by atoms with van der Waals surface area (Å²) in [5.41, 5.74) is 0. The van der Waals surface area contributed by atoms with Crippen LogP contribution in [0.5, 0.6) is 0 Å². The molecule has 0 aromatic rings. The van der Waals surface area contributed by atoms with Crippen LogP contribution in [0.1, 0.15) is 66.2 Å². The Morgan fingerprint density at radius 2 is 1.36 bits per heavy atom. The smallest absolute Gasteiger partial charge is 0.334 e. The molecular formula is C22H51N3O2Si. The van der Waals surface area contributed by atoms with E-state index >= 15 is 0 Å². The first-order valence-electron chi connectivity index (χ1n) is 11.8. The number of nitrogens with zero attached hydrogens (tertiary/aromatic N) is 2. The summed E-state index contributed by atoms with van der Waals surface area (Å²) in [6, 6.07) is 1.75. The van der Waals surface area contributed by atoms with Crippen LogP contribution < -0.4 is 5.32 Å². The Bertz CT molecular complexity index is 340. The molecule has 0 aromatic carbocycles. The first-order valence-corrected chi connectivity index (χ1v) is 14.3. The molecule has 6 heteroatoms. The molecule has 1 N–H and O–H groups in total. The highest BCUT2D eigenvalue weighted by Gasteiger charge is 2.28. The van der Waals surface area contributed by atoms with Gasteiger partial charge in [-0.3, -0.25) is 0 Å². The molecule has 0 fully saturated rings. The molecule has 0 aliphatic heterocycles. The molecule has 0 heterocycles. The van der Waals surface area contributed by atoms with Crippen LogP contribution in [0.25, 0.3) is 0 Å². The third-order valence-corrected chi connectivity index (χ3v) is 8.96. The van der Waals surface area contributed by atoms with Gasteiger partial charge in [0.05, 0.1) is 0 Å². The second-order valence-corrected chi connectivity index (χ2v) is 11.7. The first-order chi connectivity index (χ1) is 13.5. The summed E-state index contributed by atoms with van der Waals surface area (Å²) in [6.45, 7) is 19.5. The van der Waals surface area contributed by atoms with Crippen LogP contribution in [-0.2, 0) is 8.85 Å². The summed E-state index contributed by atoms with van der Waals surface area (Å²) in [4.78, 5) is 5.24. The lowest BCUT2D eigenvalue weighted by Gasteiger charge is -2.27. The topological polar surface area (TPSA) is 37.0 Å². The van der Waals surface area contributed by atoms with E-state index in [4.69, 9.17) is 8.85 Å². The van der Waals surface area contributed by atoms with Crippen molar-refractivity contribution in [2.24, 2.45) is 0 Å². The highest BCUT2D eigenvalue weighted by Crippen LogP contribution is 2.14. The monoisotopic (exact) mass is 417 g/mol. The molecule has 0 bridgehead atoms. The van der Waals surface area contributed by atoms with Crippen molar-refractivity contribution in [2.45, 2.75) is 84.9 Å². The maximum atomic E-state index is 5.65. The van der Waals surface area contributed by atoms with Gasteiger partial charge in [0.2, 0.25) is 0 Å². The van der Waals surface area contributed by atoms with Crippen molar-refractivity contribution < 1.29 is 8.85 Å². The van der Waals surface area contributed by atoms with E-state index in [2.05, 4.69) is 49.4 Å². The van der Waals surface area contributed by atoms with Gasteiger partial charge in [-0.25, -0.2) is 0 Å². The average molecular weight is 418 g/mol. The molecule has 0 amide bonds. The Morgan fingerprint density at radius 1 is 0.786 bits per heavy atom. The van der Waals surface area contributed by atoms with Gasteiger partial charge in [0.25, 0.3) is 0 Å². The van der Waals surface area contributed by atoms with E-state index in [1.54, 1.807) is 14.2 Å². The quantitative estimate of drug-likeness (QED) is 0.236. The van der Waals surface area contributed by atoms with Gasteiger partial charge in [-0.2, -0.15) is 0 Å². The van der Waals surface area contributed by atoms with Crippen molar-refractivity contribution in [1.29, 1.82) is 0 Å². The second-order valence-electron chi connectivity index (χ2n) is 8.10. The van der Waals surface area contributed by atoms with Crippen molar-refractivity contribution in [3.63, 3.8) is 0 Å². The summed E-state index contributed by atoms with van der Waals surface area (Å²) in [6.07, 6.45) is 7.35. The van der Waals surface area contributed by atoms with E-state index in [0.29, 0.717) is 6.04 Å². The zero-order valence-corrected chi connectivity index (χ0v) is 21.2. The van der Waals surface area contributed by atoms with Gasteiger partial charge < -0.3 is 24.0 Å². The third-order valence-electron chi connectivity index (χ3n) is 5.97. The lowest BCUT2D eigenvalue weighted by molar-refractivity contribution is 0.220. The van der Waals surface area contributed by atoms with Crippen molar-refractivity contribution in [3.05, 3.63) is 0 Å². The van der Waals surface area contributed by atoms with Gasteiger partial charge >= 0.3 is 8.56 Å². The molecule has 0 radical (unpaired) electrons. The predicted octanol–water partition coefficient (Wildman–Crippen LogP) is 4.33. The SMILES string of the molecule is CCCN(CC)CCCN(CCCNC(CC)CC)CCC[Si](C)(OC)OC. The Morgan fingerprint density at radius 3 is 1.89 bits per heavy atom. The van der Waals surface area contributed by atoms with E-state index in [1.165, 1.54) is 64.8 Å². The molecule has 28 heavy (non-hydrogen) atoms. The fraction of sp³-hybridized carbons (Fsp3) is 1.00.